The highest BCUT2D eigenvalue weighted by Crippen LogP contribution is 2.57. The van der Waals surface area contributed by atoms with Gasteiger partial charge in [0.15, 0.2) is 11.5 Å². The first-order valence-corrected chi connectivity index (χ1v) is 20.0. The molecular weight excluding hydrogens is 620 g/mol. The van der Waals surface area contributed by atoms with Crippen molar-refractivity contribution in [2.45, 2.75) is 0 Å². The summed E-state index contributed by atoms with van der Waals surface area (Å²) in [4.78, 5) is 2.35. The molecule has 0 atom stereocenters. The van der Waals surface area contributed by atoms with E-state index < -0.39 is 13.8 Å². The maximum absolute atomic E-state index is 7.40. The minimum absolute atomic E-state index is 0.838. The fourth-order valence-corrected chi connectivity index (χ4v) is 13.0. The van der Waals surface area contributed by atoms with Gasteiger partial charge in [-0.3, -0.25) is 0 Å². The molecule has 0 fully saturated rings. The van der Waals surface area contributed by atoms with Crippen LogP contribution in [-0.2, 0) is 0 Å². The third-order valence-corrected chi connectivity index (χ3v) is 16.3. The van der Waals surface area contributed by atoms with Crippen LogP contribution in [0.3, 0.4) is 0 Å². The fraction of sp³-hybridized carbons (Fsp3) is 0. The zero-order valence-corrected chi connectivity index (χ0v) is 28.4. The molecule has 0 saturated heterocycles. The normalized spacial score (nSPS) is 12.5. The smallest absolute Gasteiger partial charge is 0.159 e. The highest BCUT2D eigenvalue weighted by Gasteiger charge is 2.36. The molecule has 4 heteroatoms. The van der Waals surface area contributed by atoms with Crippen LogP contribution < -0.4 is 41.5 Å². The molecule has 1 heterocycles. The average Bonchev–Trinajstić information content (AvgIpc) is 3.17. The molecule has 7 aromatic carbocycles. The number of rotatable bonds is 7. The van der Waals surface area contributed by atoms with Crippen LogP contribution in [0, 0.1) is 0 Å². The third-order valence-electron chi connectivity index (χ3n) is 9.26. The lowest BCUT2D eigenvalue weighted by molar-refractivity contribution is 0.485. The van der Waals surface area contributed by atoms with Gasteiger partial charge in [0.25, 0.3) is 0 Å². The Kier molecular flexibility index (Phi) is 7.78. The molecule has 0 radical (unpaired) electrons. The molecule has 0 bridgehead atoms. The van der Waals surface area contributed by atoms with Crippen molar-refractivity contribution in [3.63, 3.8) is 0 Å². The van der Waals surface area contributed by atoms with Crippen molar-refractivity contribution in [3.05, 3.63) is 188 Å². The predicted molar refractivity (Wildman–Crippen MR) is 213 cm³/mol. The van der Waals surface area contributed by atoms with Crippen molar-refractivity contribution < 1.29 is 4.74 Å². The molecule has 0 spiro atoms. The molecule has 2 nitrogen and oxygen atoms in total. The van der Waals surface area contributed by atoms with Gasteiger partial charge >= 0.3 is 0 Å². The molecule has 8 rings (SSSR count). The second-order valence-corrected chi connectivity index (χ2v) is 18.3. The number of para-hydroxylation sites is 3. The van der Waals surface area contributed by atoms with Crippen LogP contribution >= 0.6 is 13.8 Å². The summed E-state index contributed by atoms with van der Waals surface area (Å²) in [5.41, 5.74) is 3.06. The first-order chi connectivity index (χ1) is 23.6. The molecule has 232 valence electrons. The molecule has 0 amide bonds. The molecule has 0 aromatic heterocycles. The first-order valence-electron chi connectivity index (χ1n) is 16.1. The summed E-state index contributed by atoms with van der Waals surface area (Å²) in [6.07, 6.45) is 10.2. The Labute approximate surface area is 283 Å². The zero-order chi connectivity index (χ0) is 32.6. The molecule has 1 aliphatic rings. The number of benzene rings is 7. The summed E-state index contributed by atoms with van der Waals surface area (Å²) < 4.78 is 7.40. The van der Waals surface area contributed by atoms with E-state index in [1.165, 1.54) is 21.2 Å². The second-order valence-electron chi connectivity index (χ2n) is 12.0. The van der Waals surface area contributed by atoms with Gasteiger partial charge in [0.2, 0.25) is 0 Å². The minimum Gasteiger partial charge on any atom is -0.452 e. The Hall–Kier alpha value is -5.26. The summed E-state index contributed by atoms with van der Waals surface area (Å²) in [5.74, 6) is 1.68. The van der Waals surface area contributed by atoms with Gasteiger partial charge in [-0.05, 0) is 59.3 Å². The standard InChI is InChI=1S/C44H35NOP2/c1-47(35-22-10-4-11-23-35,36-24-12-5-13-25-36)41-32-18-30-39-43(41)46-44-40(45(39)34-20-8-3-9-21-34)31-19-33-42(44)48(2,37-26-14-6-15-27-37)38-28-16-7-17-29-38/h3-33H,1-2H2. The Balaban J connectivity index is 1.44. The number of nitrogens with zero attached hydrogens (tertiary/aromatic N) is 1. The van der Waals surface area contributed by atoms with Crippen LogP contribution in [0.4, 0.5) is 17.1 Å². The van der Waals surface area contributed by atoms with Gasteiger partial charge in [-0.15, -0.1) is 0 Å². The van der Waals surface area contributed by atoms with Gasteiger partial charge in [0, 0.05) is 16.3 Å². The van der Waals surface area contributed by atoms with E-state index in [2.05, 4.69) is 193 Å². The van der Waals surface area contributed by atoms with Crippen molar-refractivity contribution in [3.8, 4) is 11.5 Å². The highest BCUT2D eigenvalue weighted by molar-refractivity contribution is 7.94. The molecular formula is C44H35NOP2. The summed E-state index contributed by atoms with van der Waals surface area (Å²) in [6, 6.07) is 66.5. The van der Waals surface area contributed by atoms with Crippen molar-refractivity contribution in [1.82, 2.24) is 0 Å². The average molecular weight is 656 g/mol. The Morgan fingerprint density at radius 2 is 0.667 bits per heavy atom. The van der Waals surface area contributed by atoms with Crippen LogP contribution in [-0.4, -0.2) is 12.6 Å². The number of anilines is 3. The number of fused-ring (bicyclic) bond motifs is 2. The topological polar surface area (TPSA) is 12.5 Å². The quantitative estimate of drug-likeness (QED) is 0.159. The summed E-state index contributed by atoms with van der Waals surface area (Å²) >= 11 is 0. The largest absolute Gasteiger partial charge is 0.452 e. The molecule has 48 heavy (non-hydrogen) atoms. The van der Waals surface area contributed by atoms with Gasteiger partial charge in [-0.1, -0.05) is 176 Å². The lowest BCUT2D eigenvalue weighted by Gasteiger charge is -2.39. The van der Waals surface area contributed by atoms with Crippen molar-refractivity contribution in [1.29, 1.82) is 0 Å². The maximum Gasteiger partial charge on any atom is 0.159 e. The van der Waals surface area contributed by atoms with Gasteiger partial charge < -0.3 is 9.64 Å². The number of ether oxygens (including phenoxy) is 1. The lowest BCUT2D eigenvalue weighted by atomic mass is 10.1. The van der Waals surface area contributed by atoms with Crippen molar-refractivity contribution in [2.75, 3.05) is 4.90 Å². The monoisotopic (exact) mass is 655 g/mol. The van der Waals surface area contributed by atoms with Crippen LogP contribution in [0.15, 0.2) is 188 Å². The third kappa shape index (κ3) is 4.89. The van der Waals surface area contributed by atoms with Crippen molar-refractivity contribution in [2.24, 2.45) is 0 Å². The summed E-state index contributed by atoms with van der Waals surface area (Å²) in [7, 11) is 0. The van der Waals surface area contributed by atoms with Gasteiger partial charge in [-0.2, -0.15) is 0 Å². The second kappa shape index (κ2) is 12.4. The highest BCUT2D eigenvalue weighted by atomic mass is 31.2. The van der Waals surface area contributed by atoms with Crippen LogP contribution in [0.5, 0.6) is 11.5 Å². The predicted octanol–water partition coefficient (Wildman–Crippen LogP) is 8.71. The van der Waals surface area contributed by atoms with E-state index in [4.69, 9.17) is 17.3 Å². The Bertz CT molecular complexity index is 2070. The summed E-state index contributed by atoms with van der Waals surface area (Å²) in [6.45, 7) is -4.79. The first kappa shape index (κ1) is 30.1. The van der Waals surface area contributed by atoms with E-state index in [1.54, 1.807) is 0 Å². The Morgan fingerprint density at radius 1 is 0.354 bits per heavy atom. The van der Waals surface area contributed by atoms with E-state index in [9.17, 15) is 0 Å². The molecule has 7 aromatic rings. The minimum atomic E-state index is -2.40. The molecule has 0 aliphatic carbocycles. The van der Waals surface area contributed by atoms with E-state index in [-0.39, 0.29) is 0 Å². The molecule has 0 unspecified atom stereocenters. The molecule has 0 saturated carbocycles. The van der Waals surface area contributed by atoms with E-state index >= 15 is 0 Å². The maximum atomic E-state index is 7.40. The molecule has 0 N–H and O–H groups in total. The van der Waals surface area contributed by atoms with Crippen LogP contribution in [0.1, 0.15) is 0 Å². The van der Waals surface area contributed by atoms with Crippen LogP contribution in [0.2, 0.25) is 0 Å². The van der Waals surface area contributed by atoms with Crippen LogP contribution in [0.25, 0.3) is 0 Å². The SMILES string of the molecule is C=P(c1ccccc1)(c1ccccc1)c1cccc2c1Oc1c(cccc1P(=C)(c1ccccc1)c1ccccc1)N2c1ccccc1. The molecule has 1 aliphatic heterocycles. The summed E-state index contributed by atoms with van der Waals surface area (Å²) in [5, 5.41) is 7.01. The number of hydrogen-bond donors (Lipinski definition) is 0. The van der Waals surface area contributed by atoms with Gasteiger partial charge in [0.1, 0.15) is 0 Å². The van der Waals surface area contributed by atoms with E-state index in [1.807, 2.05) is 0 Å². The van der Waals surface area contributed by atoms with Gasteiger partial charge in [-0.25, -0.2) is 0 Å². The van der Waals surface area contributed by atoms with Crippen molar-refractivity contribution >= 4 is 75.3 Å². The zero-order valence-electron chi connectivity index (χ0n) is 26.6. The Morgan fingerprint density at radius 3 is 1.00 bits per heavy atom. The fourth-order valence-electron chi connectivity index (χ4n) is 6.86. The van der Waals surface area contributed by atoms with E-state index in [0.29, 0.717) is 0 Å². The van der Waals surface area contributed by atoms with E-state index in [0.717, 1.165) is 39.2 Å². The van der Waals surface area contributed by atoms with Gasteiger partial charge in [0.05, 0.1) is 11.4 Å². The lowest BCUT2D eigenvalue weighted by Crippen LogP contribution is -2.31. The number of hydrogen-bond acceptors (Lipinski definition) is 2.